The molecule has 0 amide bonds. The van der Waals surface area contributed by atoms with Crippen LogP contribution in [0.3, 0.4) is 0 Å². The predicted octanol–water partition coefficient (Wildman–Crippen LogP) is 4.05. The summed E-state index contributed by atoms with van der Waals surface area (Å²) in [7, 11) is 0. The van der Waals surface area contributed by atoms with Crippen molar-refractivity contribution in [2.24, 2.45) is 4.99 Å². The van der Waals surface area contributed by atoms with E-state index < -0.39 is 0 Å². The molecule has 2 N–H and O–H groups in total. The fourth-order valence-electron chi connectivity index (χ4n) is 3.47. The van der Waals surface area contributed by atoms with Crippen molar-refractivity contribution in [2.75, 3.05) is 31.5 Å². The molecule has 4 heteroatoms. The van der Waals surface area contributed by atoms with Crippen LogP contribution in [0.4, 0.5) is 5.69 Å². The number of anilines is 1. The molecule has 2 aromatic carbocycles. The maximum Gasteiger partial charge on any atom is 0.132 e. The number of fused-ring (bicyclic) bond motifs is 1. The Morgan fingerprint density at radius 2 is 1.62 bits per heavy atom. The molecule has 3 rings (SSSR count). The van der Waals surface area contributed by atoms with Crippen molar-refractivity contribution in [2.45, 2.75) is 32.9 Å². The second-order valence-corrected chi connectivity index (χ2v) is 6.90. The fourth-order valence-corrected chi connectivity index (χ4v) is 3.47. The van der Waals surface area contributed by atoms with Crippen molar-refractivity contribution in [3.8, 4) is 0 Å². The summed E-state index contributed by atoms with van der Waals surface area (Å²) in [5.41, 5.74) is 3.10. The standard InChI is InChI=1S/C22H30N4/c1-4-26(5-2)17-11-16-23-21-19-14-9-10-15-20(19)24-22(3,25-21)18-12-7-6-8-13-18/h6-10,12-15,24H,4-5,11,16-17H2,1-3H3,(H,23,25). The highest BCUT2D eigenvalue weighted by molar-refractivity contribution is 6.05. The third-order valence-electron chi connectivity index (χ3n) is 5.08. The van der Waals surface area contributed by atoms with E-state index in [1.165, 1.54) is 5.56 Å². The maximum absolute atomic E-state index is 4.92. The van der Waals surface area contributed by atoms with Crippen molar-refractivity contribution < 1.29 is 0 Å². The Labute approximate surface area is 157 Å². The van der Waals surface area contributed by atoms with Crippen LogP contribution in [0.1, 0.15) is 38.3 Å². The minimum atomic E-state index is -0.368. The van der Waals surface area contributed by atoms with E-state index in [9.17, 15) is 0 Å². The van der Waals surface area contributed by atoms with Gasteiger partial charge in [0.2, 0.25) is 0 Å². The quantitative estimate of drug-likeness (QED) is 0.740. The van der Waals surface area contributed by atoms with Crippen molar-refractivity contribution >= 4 is 11.5 Å². The SMILES string of the molecule is CCN(CC)CCCN=C1NC(C)(c2ccccc2)Nc2ccccc21. The van der Waals surface area contributed by atoms with Crippen LogP contribution in [0, 0.1) is 0 Å². The molecule has 0 fully saturated rings. The largest absolute Gasteiger partial charge is 0.359 e. The molecule has 138 valence electrons. The topological polar surface area (TPSA) is 39.7 Å². The molecule has 0 saturated heterocycles. The molecule has 1 aliphatic heterocycles. The molecule has 1 atom stereocenters. The summed E-state index contributed by atoms with van der Waals surface area (Å²) in [6.07, 6.45) is 1.07. The van der Waals surface area contributed by atoms with Crippen LogP contribution in [-0.4, -0.2) is 36.9 Å². The lowest BCUT2D eigenvalue weighted by Crippen LogP contribution is -2.53. The Morgan fingerprint density at radius 3 is 2.35 bits per heavy atom. The summed E-state index contributed by atoms with van der Waals surface area (Å²) in [5, 5.41) is 7.29. The van der Waals surface area contributed by atoms with Crippen molar-refractivity contribution in [3.05, 3.63) is 65.7 Å². The van der Waals surface area contributed by atoms with Gasteiger partial charge in [-0.15, -0.1) is 0 Å². The molecule has 0 bridgehead atoms. The first-order valence-corrected chi connectivity index (χ1v) is 9.64. The fraction of sp³-hybridized carbons (Fsp3) is 0.409. The van der Waals surface area contributed by atoms with Gasteiger partial charge in [0.05, 0.1) is 0 Å². The minimum absolute atomic E-state index is 0.368. The highest BCUT2D eigenvalue weighted by Crippen LogP contribution is 2.30. The lowest BCUT2D eigenvalue weighted by atomic mass is 9.96. The van der Waals surface area contributed by atoms with E-state index in [4.69, 9.17) is 4.99 Å². The van der Waals surface area contributed by atoms with Crippen molar-refractivity contribution in [3.63, 3.8) is 0 Å². The molecule has 4 nitrogen and oxygen atoms in total. The van der Waals surface area contributed by atoms with E-state index >= 15 is 0 Å². The summed E-state index contributed by atoms with van der Waals surface area (Å²) in [4.78, 5) is 7.37. The van der Waals surface area contributed by atoms with Crippen LogP contribution in [0.25, 0.3) is 0 Å². The third-order valence-corrected chi connectivity index (χ3v) is 5.08. The van der Waals surface area contributed by atoms with Gasteiger partial charge in [-0.2, -0.15) is 0 Å². The Morgan fingerprint density at radius 1 is 0.923 bits per heavy atom. The van der Waals surface area contributed by atoms with E-state index in [2.05, 4.69) is 84.8 Å². The molecule has 0 radical (unpaired) electrons. The van der Waals surface area contributed by atoms with E-state index in [1.807, 2.05) is 6.07 Å². The lowest BCUT2D eigenvalue weighted by Gasteiger charge is -2.39. The van der Waals surface area contributed by atoms with Gasteiger partial charge >= 0.3 is 0 Å². The Bertz CT molecular complexity index is 737. The van der Waals surface area contributed by atoms with E-state index in [0.717, 1.165) is 49.7 Å². The monoisotopic (exact) mass is 350 g/mol. The molecule has 0 aliphatic carbocycles. The van der Waals surface area contributed by atoms with E-state index in [1.54, 1.807) is 0 Å². The predicted molar refractivity (Wildman–Crippen MR) is 111 cm³/mol. The molecule has 26 heavy (non-hydrogen) atoms. The number of rotatable bonds is 7. The van der Waals surface area contributed by atoms with Crippen LogP contribution >= 0.6 is 0 Å². The second kappa shape index (κ2) is 8.37. The minimum Gasteiger partial charge on any atom is -0.359 e. The molecular formula is C22H30N4. The number of nitrogens with one attached hydrogen (secondary N) is 2. The van der Waals surface area contributed by atoms with Gasteiger partial charge in [0, 0.05) is 17.8 Å². The highest BCUT2D eigenvalue weighted by Gasteiger charge is 2.33. The Kier molecular flexibility index (Phi) is 5.94. The van der Waals surface area contributed by atoms with Crippen molar-refractivity contribution in [1.29, 1.82) is 0 Å². The van der Waals surface area contributed by atoms with Gasteiger partial charge in [0.25, 0.3) is 0 Å². The highest BCUT2D eigenvalue weighted by atomic mass is 15.2. The summed E-state index contributed by atoms with van der Waals surface area (Å²) in [6, 6.07) is 18.9. The molecule has 1 heterocycles. The summed E-state index contributed by atoms with van der Waals surface area (Å²) >= 11 is 0. The third kappa shape index (κ3) is 4.07. The first kappa shape index (κ1) is 18.5. The number of para-hydroxylation sites is 1. The molecule has 0 saturated carbocycles. The zero-order chi connectivity index (χ0) is 18.4. The average Bonchev–Trinajstić information content (AvgIpc) is 2.68. The van der Waals surface area contributed by atoms with Crippen LogP contribution in [0.15, 0.2) is 59.6 Å². The van der Waals surface area contributed by atoms with Gasteiger partial charge in [0.1, 0.15) is 11.5 Å². The molecule has 2 aromatic rings. The summed E-state index contributed by atoms with van der Waals surface area (Å²) in [6.45, 7) is 10.7. The Balaban J connectivity index is 1.81. The molecule has 1 unspecified atom stereocenters. The van der Waals surface area contributed by atoms with Crippen LogP contribution < -0.4 is 10.6 Å². The van der Waals surface area contributed by atoms with Gasteiger partial charge in [-0.05, 0) is 50.7 Å². The van der Waals surface area contributed by atoms with Gasteiger partial charge in [-0.1, -0.05) is 56.3 Å². The zero-order valence-corrected chi connectivity index (χ0v) is 16.1. The van der Waals surface area contributed by atoms with Crippen LogP contribution in [0.2, 0.25) is 0 Å². The number of amidine groups is 1. The Hall–Kier alpha value is -2.33. The number of hydrogen-bond donors (Lipinski definition) is 2. The van der Waals surface area contributed by atoms with Crippen molar-refractivity contribution in [1.82, 2.24) is 10.2 Å². The van der Waals surface area contributed by atoms with E-state index in [0.29, 0.717) is 0 Å². The second-order valence-electron chi connectivity index (χ2n) is 6.90. The van der Waals surface area contributed by atoms with Gasteiger partial charge in [0.15, 0.2) is 0 Å². The lowest BCUT2D eigenvalue weighted by molar-refractivity contribution is 0.302. The molecule has 0 spiro atoms. The first-order chi connectivity index (χ1) is 12.7. The molecule has 0 aromatic heterocycles. The maximum atomic E-state index is 4.92. The van der Waals surface area contributed by atoms with Gasteiger partial charge in [-0.3, -0.25) is 4.99 Å². The molecule has 1 aliphatic rings. The summed E-state index contributed by atoms with van der Waals surface area (Å²) < 4.78 is 0. The first-order valence-electron chi connectivity index (χ1n) is 9.64. The summed E-state index contributed by atoms with van der Waals surface area (Å²) in [5.74, 6) is 0.977. The molecular weight excluding hydrogens is 320 g/mol. The average molecular weight is 351 g/mol. The van der Waals surface area contributed by atoms with Gasteiger partial charge in [-0.25, -0.2) is 0 Å². The van der Waals surface area contributed by atoms with Gasteiger partial charge < -0.3 is 15.5 Å². The van der Waals surface area contributed by atoms with E-state index in [-0.39, 0.29) is 5.66 Å². The normalized spacial score (nSPS) is 20.5. The number of aliphatic imine (C=N–C) groups is 1. The van der Waals surface area contributed by atoms with Crippen LogP contribution in [0.5, 0.6) is 0 Å². The van der Waals surface area contributed by atoms with Crippen LogP contribution in [-0.2, 0) is 5.66 Å². The number of benzene rings is 2. The number of nitrogens with zero attached hydrogens (tertiary/aromatic N) is 2. The number of hydrogen-bond acceptors (Lipinski definition) is 3. The smallest absolute Gasteiger partial charge is 0.132 e. The zero-order valence-electron chi connectivity index (χ0n) is 16.1.